The smallest absolute Gasteiger partial charge is 0.305 e. The maximum absolute atomic E-state index is 13.0. The summed E-state index contributed by atoms with van der Waals surface area (Å²) in [5, 5.41) is 22.5. The van der Waals surface area contributed by atoms with Crippen LogP contribution in [0.1, 0.15) is 22.3 Å². The number of carboxylic acid groups (broad SMARTS) is 1. The van der Waals surface area contributed by atoms with Crippen LogP contribution in [0.15, 0.2) is 47.3 Å². The minimum Gasteiger partial charge on any atom is -0.506 e. The van der Waals surface area contributed by atoms with Gasteiger partial charge in [0.05, 0.1) is 26.2 Å². The molecule has 162 valence electrons. The Morgan fingerprint density at radius 2 is 1.77 bits per heavy atom. The Labute approximate surface area is 177 Å². The van der Waals surface area contributed by atoms with Gasteiger partial charge in [0, 0.05) is 18.5 Å². The number of nitrogens with zero attached hydrogens (tertiary/aromatic N) is 1. The van der Waals surface area contributed by atoms with Crippen molar-refractivity contribution in [3.63, 3.8) is 0 Å². The van der Waals surface area contributed by atoms with Crippen LogP contribution in [-0.4, -0.2) is 40.9 Å². The van der Waals surface area contributed by atoms with Gasteiger partial charge >= 0.3 is 5.97 Å². The molecule has 0 spiro atoms. The molecule has 0 aliphatic carbocycles. The van der Waals surface area contributed by atoms with Crippen molar-refractivity contribution < 1.29 is 29.3 Å². The van der Waals surface area contributed by atoms with Crippen LogP contribution in [0.2, 0.25) is 0 Å². The van der Waals surface area contributed by atoms with Crippen LogP contribution in [0.4, 0.5) is 0 Å². The number of aromatic nitrogens is 1. The molecule has 9 nitrogen and oxygen atoms in total. The van der Waals surface area contributed by atoms with Gasteiger partial charge in [0.2, 0.25) is 0 Å². The molecular weight excluding hydrogens is 404 g/mol. The molecule has 3 rings (SSSR count). The van der Waals surface area contributed by atoms with Gasteiger partial charge in [-0.3, -0.25) is 14.4 Å². The van der Waals surface area contributed by atoms with Gasteiger partial charge in [0.15, 0.2) is 11.5 Å². The second-order valence-electron chi connectivity index (χ2n) is 6.71. The Kier molecular flexibility index (Phi) is 6.44. The number of para-hydroxylation sites is 1. The molecule has 0 saturated carbocycles. The first kappa shape index (κ1) is 21.7. The van der Waals surface area contributed by atoms with Crippen molar-refractivity contribution >= 4 is 22.8 Å². The predicted octanol–water partition coefficient (Wildman–Crippen LogP) is 2.13. The topological polar surface area (TPSA) is 127 Å². The third kappa shape index (κ3) is 4.45. The fraction of sp³-hybridized carbons (Fsp3) is 0.227. The van der Waals surface area contributed by atoms with Gasteiger partial charge in [0.1, 0.15) is 11.3 Å². The molecule has 1 aromatic heterocycles. The number of carboxylic acids is 1. The molecule has 0 aliphatic rings. The van der Waals surface area contributed by atoms with E-state index in [0.717, 1.165) is 0 Å². The zero-order valence-corrected chi connectivity index (χ0v) is 17.0. The minimum absolute atomic E-state index is 0.0695. The normalized spacial score (nSPS) is 10.6. The number of benzene rings is 2. The number of amides is 1. The van der Waals surface area contributed by atoms with E-state index in [1.165, 1.54) is 18.8 Å². The van der Waals surface area contributed by atoms with E-state index in [4.69, 9.17) is 14.6 Å². The first-order valence-corrected chi connectivity index (χ1v) is 9.42. The Balaban J connectivity index is 1.95. The minimum atomic E-state index is -1.08. The van der Waals surface area contributed by atoms with Crippen molar-refractivity contribution in [1.29, 1.82) is 0 Å². The molecule has 0 fully saturated rings. The van der Waals surface area contributed by atoms with E-state index < -0.39 is 28.7 Å². The Bertz CT molecular complexity index is 1200. The number of carbonyl (C=O) groups excluding carboxylic acids is 1. The zero-order chi connectivity index (χ0) is 22.5. The lowest BCUT2D eigenvalue weighted by atomic mass is 10.1. The summed E-state index contributed by atoms with van der Waals surface area (Å²) in [6.07, 6.45) is -0.304. The number of aromatic hydroxyl groups is 1. The predicted molar refractivity (Wildman–Crippen MR) is 113 cm³/mol. The van der Waals surface area contributed by atoms with Gasteiger partial charge in [-0.2, -0.15) is 0 Å². The molecule has 3 aromatic rings. The van der Waals surface area contributed by atoms with Crippen LogP contribution >= 0.6 is 0 Å². The summed E-state index contributed by atoms with van der Waals surface area (Å²) < 4.78 is 11.6. The van der Waals surface area contributed by atoms with Crippen molar-refractivity contribution in [2.45, 2.75) is 19.5 Å². The molecule has 0 unspecified atom stereocenters. The van der Waals surface area contributed by atoms with Gasteiger partial charge in [0.25, 0.3) is 11.5 Å². The van der Waals surface area contributed by atoms with E-state index in [0.29, 0.717) is 22.6 Å². The second kappa shape index (κ2) is 9.21. The first-order valence-electron chi connectivity index (χ1n) is 9.42. The van der Waals surface area contributed by atoms with Gasteiger partial charge in [-0.15, -0.1) is 0 Å². The number of carbonyl (C=O) groups is 2. The lowest BCUT2D eigenvalue weighted by molar-refractivity contribution is -0.137. The number of methoxy groups -OCH3 is 2. The van der Waals surface area contributed by atoms with Crippen LogP contribution in [-0.2, 0) is 17.9 Å². The molecule has 9 heteroatoms. The van der Waals surface area contributed by atoms with E-state index in [2.05, 4.69) is 5.32 Å². The van der Waals surface area contributed by atoms with Crippen LogP contribution in [0.25, 0.3) is 10.9 Å². The van der Waals surface area contributed by atoms with Gasteiger partial charge in [-0.1, -0.05) is 18.2 Å². The van der Waals surface area contributed by atoms with Crippen LogP contribution in [0.3, 0.4) is 0 Å². The summed E-state index contributed by atoms with van der Waals surface area (Å²) in [5.74, 6) is -1.28. The number of rotatable bonds is 8. The van der Waals surface area contributed by atoms with E-state index in [1.807, 2.05) is 0 Å². The van der Waals surface area contributed by atoms with E-state index in [-0.39, 0.29) is 24.9 Å². The molecule has 2 aromatic carbocycles. The number of aliphatic carboxylic acids is 1. The third-order valence-corrected chi connectivity index (χ3v) is 4.82. The molecule has 0 atom stereocenters. The number of pyridine rings is 1. The summed E-state index contributed by atoms with van der Waals surface area (Å²) in [6.45, 7) is -0.0645. The highest BCUT2D eigenvalue weighted by molar-refractivity contribution is 6.02. The van der Waals surface area contributed by atoms with Crippen LogP contribution < -0.4 is 20.3 Å². The van der Waals surface area contributed by atoms with Crippen molar-refractivity contribution in [2.75, 3.05) is 14.2 Å². The van der Waals surface area contributed by atoms with E-state index >= 15 is 0 Å². The second-order valence-corrected chi connectivity index (χ2v) is 6.71. The van der Waals surface area contributed by atoms with E-state index in [9.17, 15) is 19.5 Å². The summed E-state index contributed by atoms with van der Waals surface area (Å²) in [4.78, 5) is 36.8. The molecular formula is C22H22N2O7. The highest BCUT2D eigenvalue weighted by Gasteiger charge is 2.22. The molecule has 1 heterocycles. The highest BCUT2D eigenvalue weighted by atomic mass is 16.5. The average Bonchev–Trinajstić information content (AvgIpc) is 2.77. The summed E-state index contributed by atoms with van der Waals surface area (Å²) in [7, 11) is 3.00. The molecule has 0 saturated heterocycles. The fourth-order valence-electron chi connectivity index (χ4n) is 3.28. The van der Waals surface area contributed by atoms with E-state index in [1.54, 1.807) is 42.5 Å². The van der Waals surface area contributed by atoms with Gasteiger partial charge < -0.3 is 29.6 Å². The summed E-state index contributed by atoms with van der Waals surface area (Å²) >= 11 is 0. The zero-order valence-electron chi connectivity index (χ0n) is 17.0. The van der Waals surface area contributed by atoms with Crippen LogP contribution in [0.5, 0.6) is 17.2 Å². The number of hydrogen-bond donors (Lipinski definition) is 3. The average molecular weight is 426 g/mol. The fourth-order valence-corrected chi connectivity index (χ4v) is 3.28. The molecule has 0 radical (unpaired) electrons. The van der Waals surface area contributed by atoms with Crippen molar-refractivity contribution in [3.8, 4) is 17.2 Å². The Morgan fingerprint density at radius 3 is 2.45 bits per heavy atom. The Hall–Kier alpha value is -4.01. The standard InChI is InChI=1S/C22H22N2O7/c1-30-16-8-7-13(11-17(16)31-2)12-23-21(28)19-20(27)14-5-3-4-6-15(14)24(22(19)29)10-9-18(25)26/h3-8,11,27H,9-10,12H2,1-2H3,(H,23,28)(H,25,26). The summed E-state index contributed by atoms with van der Waals surface area (Å²) in [5.41, 5.74) is -0.160. The number of fused-ring (bicyclic) bond motifs is 1. The monoisotopic (exact) mass is 426 g/mol. The first-order chi connectivity index (χ1) is 14.9. The highest BCUT2D eigenvalue weighted by Crippen LogP contribution is 2.28. The maximum atomic E-state index is 13.0. The quantitative estimate of drug-likeness (QED) is 0.503. The van der Waals surface area contributed by atoms with Crippen molar-refractivity contribution in [1.82, 2.24) is 9.88 Å². The molecule has 1 amide bonds. The third-order valence-electron chi connectivity index (χ3n) is 4.82. The van der Waals surface area contributed by atoms with Crippen molar-refractivity contribution in [2.24, 2.45) is 0 Å². The molecule has 0 aliphatic heterocycles. The lowest BCUT2D eigenvalue weighted by Crippen LogP contribution is -2.33. The van der Waals surface area contributed by atoms with Crippen molar-refractivity contribution in [3.05, 3.63) is 63.9 Å². The number of nitrogens with one attached hydrogen (secondary N) is 1. The molecule has 31 heavy (non-hydrogen) atoms. The molecule has 3 N–H and O–H groups in total. The summed E-state index contributed by atoms with van der Waals surface area (Å²) in [6, 6.07) is 11.6. The number of aryl methyl sites for hydroxylation is 1. The molecule has 0 bridgehead atoms. The number of ether oxygens (including phenoxy) is 2. The Morgan fingerprint density at radius 1 is 1.06 bits per heavy atom. The van der Waals surface area contributed by atoms with Crippen LogP contribution in [0, 0.1) is 0 Å². The SMILES string of the molecule is COc1ccc(CNC(=O)c2c(O)c3ccccc3n(CCC(=O)O)c2=O)cc1OC. The largest absolute Gasteiger partial charge is 0.506 e. The lowest BCUT2D eigenvalue weighted by Gasteiger charge is -2.15. The maximum Gasteiger partial charge on any atom is 0.305 e. The van der Waals surface area contributed by atoms with Gasteiger partial charge in [-0.25, -0.2) is 0 Å². The van der Waals surface area contributed by atoms with Gasteiger partial charge in [-0.05, 0) is 29.8 Å². The number of hydrogen-bond acceptors (Lipinski definition) is 6.